The molecule has 2 unspecified atom stereocenters. The first kappa shape index (κ1) is 13.9. The number of nitrogens with zero attached hydrogens (tertiary/aromatic N) is 1. The Balaban J connectivity index is 2.25. The van der Waals surface area contributed by atoms with Crippen LogP contribution in [-0.2, 0) is 14.4 Å². The zero-order valence-corrected chi connectivity index (χ0v) is 10.6. The Hall–Kier alpha value is -1.19. The van der Waals surface area contributed by atoms with Crippen LogP contribution in [-0.4, -0.2) is 29.5 Å². The second-order valence-corrected chi connectivity index (χ2v) is 4.79. The van der Waals surface area contributed by atoms with Crippen LogP contribution in [0.1, 0.15) is 46.0 Å². The Bertz CT molecular complexity index is 301. The third-order valence-electron chi connectivity index (χ3n) is 3.39. The summed E-state index contributed by atoms with van der Waals surface area (Å²) in [5.41, 5.74) is 0. The lowest BCUT2D eigenvalue weighted by Gasteiger charge is -2.14. The maximum Gasteiger partial charge on any atom is 0.232 e. The second kappa shape index (κ2) is 6.52. The molecule has 0 aromatic heterocycles. The van der Waals surface area contributed by atoms with Crippen molar-refractivity contribution in [3.05, 3.63) is 0 Å². The first-order chi connectivity index (χ1) is 8.10. The van der Waals surface area contributed by atoms with E-state index in [1.807, 2.05) is 6.92 Å². The lowest BCUT2D eigenvalue weighted by atomic mass is 10.0. The lowest BCUT2D eigenvalue weighted by Crippen LogP contribution is -2.31. The zero-order chi connectivity index (χ0) is 12.8. The van der Waals surface area contributed by atoms with Crippen LogP contribution in [0.25, 0.3) is 0 Å². The van der Waals surface area contributed by atoms with Gasteiger partial charge in [0.15, 0.2) is 0 Å². The monoisotopic (exact) mass is 239 g/mol. The van der Waals surface area contributed by atoms with Gasteiger partial charge in [0.2, 0.25) is 11.8 Å². The maximum absolute atomic E-state index is 11.6. The van der Waals surface area contributed by atoms with Crippen molar-refractivity contribution in [2.75, 3.05) is 6.54 Å². The minimum atomic E-state index is -0.152. The van der Waals surface area contributed by atoms with Gasteiger partial charge in [0, 0.05) is 24.8 Å². The molecule has 0 radical (unpaired) electrons. The van der Waals surface area contributed by atoms with Crippen molar-refractivity contribution in [1.82, 2.24) is 4.90 Å². The summed E-state index contributed by atoms with van der Waals surface area (Å²) in [5, 5.41) is 0. The van der Waals surface area contributed by atoms with Crippen molar-refractivity contribution in [3.8, 4) is 0 Å². The van der Waals surface area contributed by atoms with Gasteiger partial charge in [-0.15, -0.1) is 0 Å². The molecule has 1 heterocycles. The first-order valence-electron chi connectivity index (χ1n) is 6.39. The van der Waals surface area contributed by atoms with E-state index in [0.717, 1.165) is 32.0 Å². The molecule has 1 aliphatic rings. The van der Waals surface area contributed by atoms with Crippen LogP contribution >= 0.6 is 0 Å². The van der Waals surface area contributed by atoms with Gasteiger partial charge < -0.3 is 4.79 Å². The fourth-order valence-corrected chi connectivity index (χ4v) is 2.13. The SMILES string of the molecule is CCC(C=O)CCCCN1C(=O)CC(C)C1=O. The molecule has 4 heteroatoms. The predicted molar refractivity (Wildman–Crippen MR) is 64.2 cm³/mol. The molecule has 0 aromatic rings. The lowest BCUT2D eigenvalue weighted by molar-refractivity contribution is -0.139. The molecule has 0 N–H and O–H groups in total. The quantitative estimate of drug-likeness (QED) is 0.386. The smallest absolute Gasteiger partial charge is 0.232 e. The van der Waals surface area contributed by atoms with Crippen LogP contribution in [0.4, 0.5) is 0 Å². The molecule has 96 valence electrons. The number of likely N-dealkylation sites (tertiary alicyclic amines) is 1. The number of carbonyl (C=O) groups excluding carboxylic acids is 3. The Kier molecular flexibility index (Phi) is 5.32. The Morgan fingerprint density at radius 1 is 1.41 bits per heavy atom. The fraction of sp³-hybridized carbons (Fsp3) is 0.769. The summed E-state index contributed by atoms with van der Waals surface area (Å²) in [4.78, 5) is 35.1. The van der Waals surface area contributed by atoms with E-state index in [1.54, 1.807) is 6.92 Å². The molecule has 17 heavy (non-hydrogen) atoms. The third kappa shape index (κ3) is 3.65. The molecule has 2 amide bonds. The minimum absolute atomic E-state index is 0.0440. The van der Waals surface area contributed by atoms with Crippen LogP contribution < -0.4 is 0 Å². The molecule has 0 saturated carbocycles. The molecule has 0 aromatic carbocycles. The first-order valence-corrected chi connectivity index (χ1v) is 6.39. The largest absolute Gasteiger partial charge is 0.303 e. The average Bonchev–Trinajstić information content (AvgIpc) is 2.55. The number of rotatable bonds is 7. The van der Waals surface area contributed by atoms with Gasteiger partial charge in [-0.1, -0.05) is 20.3 Å². The molecule has 1 saturated heterocycles. The van der Waals surface area contributed by atoms with E-state index in [2.05, 4.69) is 0 Å². The number of hydrogen-bond acceptors (Lipinski definition) is 3. The standard InChI is InChI=1S/C13H21NO3/c1-3-11(9-15)6-4-5-7-14-12(16)8-10(2)13(14)17/h9-11H,3-8H2,1-2H3. The predicted octanol–water partition coefficient (Wildman–Crippen LogP) is 1.78. The summed E-state index contributed by atoms with van der Waals surface area (Å²) in [6.45, 7) is 4.30. The number of carbonyl (C=O) groups is 3. The van der Waals surface area contributed by atoms with Gasteiger partial charge in [0.25, 0.3) is 0 Å². The summed E-state index contributed by atoms with van der Waals surface area (Å²) in [5.74, 6) is -0.123. The molecule has 1 fully saturated rings. The highest BCUT2D eigenvalue weighted by atomic mass is 16.2. The highest BCUT2D eigenvalue weighted by molar-refractivity contribution is 6.03. The molecule has 1 rings (SSSR count). The van der Waals surface area contributed by atoms with Gasteiger partial charge in [-0.05, 0) is 19.3 Å². The number of imide groups is 1. The summed E-state index contributed by atoms with van der Waals surface area (Å²) in [7, 11) is 0. The average molecular weight is 239 g/mol. The fourth-order valence-electron chi connectivity index (χ4n) is 2.13. The van der Waals surface area contributed by atoms with E-state index < -0.39 is 0 Å². The number of hydrogen-bond donors (Lipinski definition) is 0. The molecule has 2 atom stereocenters. The van der Waals surface area contributed by atoms with Crippen LogP contribution in [0.3, 0.4) is 0 Å². The Labute approximate surface area is 102 Å². The maximum atomic E-state index is 11.6. The van der Waals surface area contributed by atoms with Crippen LogP contribution in [0, 0.1) is 11.8 Å². The van der Waals surface area contributed by atoms with Gasteiger partial charge in [0.1, 0.15) is 6.29 Å². The van der Waals surface area contributed by atoms with Crippen LogP contribution in [0.2, 0.25) is 0 Å². The normalized spacial score (nSPS) is 22.0. The Morgan fingerprint density at radius 3 is 2.59 bits per heavy atom. The molecule has 0 spiro atoms. The van der Waals surface area contributed by atoms with Crippen molar-refractivity contribution in [2.45, 2.75) is 46.0 Å². The van der Waals surface area contributed by atoms with E-state index in [9.17, 15) is 14.4 Å². The van der Waals surface area contributed by atoms with Crippen molar-refractivity contribution >= 4 is 18.1 Å². The number of amides is 2. The molecular formula is C13H21NO3. The molecule has 0 bridgehead atoms. The van der Waals surface area contributed by atoms with Gasteiger partial charge in [0.05, 0.1) is 0 Å². The number of aldehydes is 1. The van der Waals surface area contributed by atoms with Crippen molar-refractivity contribution in [3.63, 3.8) is 0 Å². The van der Waals surface area contributed by atoms with Crippen LogP contribution in [0.5, 0.6) is 0 Å². The van der Waals surface area contributed by atoms with Gasteiger partial charge >= 0.3 is 0 Å². The summed E-state index contributed by atoms with van der Waals surface area (Å²) < 4.78 is 0. The van der Waals surface area contributed by atoms with Gasteiger partial charge in [-0.25, -0.2) is 0 Å². The van der Waals surface area contributed by atoms with Gasteiger partial charge in [-0.3, -0.25) is 14.5 Å². The summed E-state index contributed by atoms with van der Waals surface area (Å²) in [6, 6.07) is 0. The van der Waals surface area contributed by atoms with E-state index >= 15 is 0 Å². The van der Waals surface area contributed by atoms with Gasteiger partial charge in [-0.2, -0.15) is 0 Å². The van der Waals surface area contributed by atoms with E-state index in [0.29, 0.717) is 13.0 Å². The molecular weight excluding hydrogens is 218 g/mol. The van der Waals surface area contributed by atoms with Crippen molar-refractivity contribution < 1.29 is 14.4 Å². The second-order valence-electron chi connectivity index (χ2n) is 4.79. The topological polar surface area (TPSA) is 54.5 Å². The van der Waals surface area contributed by atoms with E-state index in [-0.39, 0.29) is 23.7 Å². The zero-order valence-electron chi connectivity index (χ0n) is 10.6. The highest BCUT2D eigenvalue weighted by Crippen LogP contribution is 2.19. The number of unbranched alkanes of at least 4 members (excludes halogenated alkanes) is 1. The van der Waals surface area contributed by atoms with E-state index in [4.69, 9.17) is 0 Å². The molecule has 4 nitrogen and oxygen atoms in total. The highest BCUT2D eigenvalue weighted by Gasteiger charge is 2.34. The van der Waals surface area contributed by atoms with E-state index in [1.165, 1.54) is 4.90 Å². The summed E-state index contributed by atoms with van der Waals surface area (Å²) in [6.07, 6.45) is 4.75. The third-order valence-corrected chi connectivity index (χ3v) is 3.39. The Morgan fingerprint density at radius 2 is 2.12 bits per heavy atom. The minimum Gasteiger partial charge on any atom is -0.303 e. The summed E-state index contributed by atoms with van der Waals surface area (Å²) >= 11 is 0. The van der Waals surface area contributed by atoms with Crippen molar-refractivity contribution in [1.29, 1.82) is 0 Å². The molecule has 1 aliphatic heterocycles. The van der Waals surface area contributed by atoms with Crippen molar-refractivity contribution in [2.24, 2.45) is 11.8 Å². The molecule has 0 aliphatic carbocycles. The van der Waals surface area contributed by atoms with Crippen LogP contribution in [0.15, 0.2) is 0 Å².